The highest BCUT2D eigenvalue weighted by molar-refractivity contribution is 5.74. The van der Waals surface area contributed by atoms with Gasteiger partial charge in [-0.2, -0.15) is 0 Å². The maximum atomic E-state index is 11.9. The molecule has 0 aliphatic carbocycles. The molecule has 2 atom stereocenters. The van der Waals surface area contributed by atoms with Gasteiger partial charge in [-0.15, -0.1) is 0 Å². The predicted molar refractivity (Wildman–Crippen MR) is 74.1 cm³/mol. The van der Waals surface area contributed by atoms with Gasteiger partial charge in [-0.05, 0) is 32.1 Å². The van der Waals surface area contributed by atoms with E-state index < -0.39 is 5.97 Å². The third-order valence-corrected chi connectivity index (χ3v) is 3.64. The van der Waals surface area contributed by atoms with E-state index in [4.69, 9.17) is 5.11 Å². The van der Waals surface area contributed by atoms with Gasteiger partial charge in [0.25, 0.3) is 0 Å². The molecule has 0 aromatic rings. The van der Waals surface area contributed by atoms with Gasteiger partial charge in [0.2, 0.25) is 0 Å². The molecule has 0 spiro atoms. The second kappa shape index (κ2) is 8.02. The summed E-state index contributed by atoms with van der Waals surface area (Å²) in [6.45, 7) is 5.80. The molecule has 1 rings (SSSR count). The van der Waals surface area contributed by atoms with Gasteiger partial charge in [0.15, 0.2) is 0 Å². The number of likely N-dealkylation sites (tertiary alicyclic amines) is 1. The van der Waals surface area contributed by atoms with E-state index in [1.807, 2.05) is 4.90 Å². The topological polar surface area (TPSA) is 69.6 Å². The van der Waals surface area contributed by atoms with Crippen molar-refractivity contribution in [3.8, 4) is 0 Å². The van der Waals surface area contributed by atoms with Crippen molar-refractivity contribution < 1.29 is 14.7 Å². The normalized spacial score (nSPS) is 22.5. The number of carbonyl (C=O) groups excluding carboxylic acids is 1. The van der Waals surface area contributed by atoms with Crippen molar-refractivity contribution in [2.24, 2.45) is 5.92 Å². The predicted octanol–water partition coefficient (Wildman–Crippen LogP) is 2.46. The Labute approximate surface area is 115 Å². The van der Waals surface area contributed by atoms with Crippen LogP contribution in [0.25, 0.3) is 0 Å². The van der Waals surface area contributed by atoms with Crippen molar-refractivity contribution in [2.75, 3.05) is 13.1 Å². The Balaban J connectivity index is 2.03. The largest absolute Gasteiger partial charge is 0.481 e. The molecule has 1 aliphatic rings. The number of carbonyl (C=O) groups is 2. The molecular weight excluding hydrogens is 244 g/mol. The number of rotatable bonds is 7. The lowest BCUT2D eigenvalue weighted by Crippen LogP contribution is -2.42. The van der Waals surface area contributed by atoms with Crippen molar-refractivity contribution in [3.63, 3.8) is 0 Å². The van der Waals surface area contributed by atoms with Crippen molar-refractivity contribution in [1.82, 2.24) is 10.2 Å². The number of nitrogens with one attached hydrogen (secondary N) is 1. The summed E-state index contributed by atoms with van der Waals surface area (Å²) in [6.07, 6.45) is 4.87. The van der Waals surface area contributed by atoms with E-state index in [0.29, 0.717) is 18.5 Å². The van der Waals surface area contributed by atoms with Gasteiger partial charge in [0, 0.05) is 25.6 Å². The van der Waals surface area contributed by atoms with Gasteiger partial charge in [0.1, 0.15) is 0 Å². The Morgan fingerprint density at radius 1 is 1.21 bits per heavy atom. The highest BCUT2D eigenvalue weighted by Crippen LogP contribution is 2.21. The van der Waals surface area contributed by atoms with Crippen LogP contribution in [0.4, 0.5) is 4.79 Å². The standard InChI is InChI=1S/C14H26N2O3/c1-11-9-12(2)16(10-11)14(19)15-8-6-4-3-5-7-13(17)18/h11-12H,3-10H2,1-2H3,(H,15,19)(H,17,18). The average molecular weight is 270 g/mol. The van der Waals surface area contributed by atoms with Crippen LogP contribution < -0.4 is 5.32 Å². The van der Waals surface area contributed by atoms with Crippen LogP contribution in [0.3, 0.4) is 0 Å². The number of urea groups is 1. The van der Waals surface area contributed by atoms with Crippen LogP contribution in [0.15, 0.2) is 0 Å². The zero-order valence-corrected chi connectivity index (χ0v) is 12.0. The Morgan fingerprint density at radius 2 is 1.89 bits per heavy atom. The van der Waals surface area contributed by atoms with E-state index in [2.05, 4.69) is 19.2 Å². The zero-order valence-electron chi connectivity index (χ0n) is 12.0. The number of hydrogen-bond donors (Lipinski definition) is 2. The summed E-state index contributed by atoms with van der Waals surface area (Å²) in [6, 6.07) is 0.382. The first-order chi connectivity index (χ1) is 9.00. The number of nitrogens with zero attached hydrogens (tertiary/aromatic N) is 1. The molecule has 5 heteroatoms. The first-order valence-corrected chi connectivity index (χ1v) is 7.27. The maximum absolute atomic E-state index is 11.9. The highest BCUT2D eigenvalue weighted by atomic mass is 16.4. The van der Waals surface area contributed by atoms with E-state index in [-0.39, 0.29) is 12.5 Å². The molecular formula is C14H26N2O3. The Morgan fingerprint density at radius 3 is 2.47 bits per heavy atom. The van der Waals surface area contributed by atoms with Crippen molar-refractivity contribution in [1.29, 1.82) is 0 Å². The molecule has 2 N–H and O–H groups in total. The van der Waals surface area contributed by atoms with Crippen LogP contribution in [0.5, 0.6) is 0 Å². The lowest BCUT2D eigenvalue weighted by atomic mass is 10.1. The van der Waals surface area contributed by atoms with Gasteiger partial charge >= 0.3 is 12.0 Å². The fraction of sp³-hybridized carbons (Fsp3) is 0.857. The first kappa shape index (κ1) is 15.8. The minimum absolute atomic E-state index is 0.0439. The van der Waals surface area contributed by atoms with Crippen LogP contribution >= 0.6 is 0 Å². The summed E-state index contributed by atoms with van der Waals surface area (Å²) in [4.78, 5) is 24.1. The number of carboxylic acid groups (broad SMARTS) is 1. The van der Waals surface area contributed by atoms with Crippen molar-refractivity contribution in [2.45, 2.75) is 58.4 Å². The van der Waals surface area contributed by atoms with Crippen LogP contribution in [-0.2, 0) is 4.79 Å². The molecule has 0 bridgehead atoms. The van der Waals surface area contributed by atoms with Crippen LogP contribution in [0.1, 0.15) is 52.4 Å². The summed E-state index contributed by atoms with van der Waals surface area (Å²) in [5.41, 5.74) is 0. The molecule has 5 nitrogen and oxygen atoms in total. The van der Waals surface area contributed by atoms with Crippen LogP contribution in [0, 0.1) is 5.92 Å². The second-order valence-electron chi connectivity index (χ2n) is 5.63. The third kappa shape index (κ3) is 5.94. The first-order valence-electron chi connectivity index (χ1n) is 7.27. The molecule has 0 radical (unpaired) electrons. The molecule has 0 aromatic heterocycles. The molecule has 0 aromatic carbocycles. The summed E-state index contributed by atoms with van der Waals surface area (Å²) in [5.74, 6) is -0.137. The molecule has 1 heterocycles. The quantitative estimate of drug-likeness (QED) is 0.698. The van der Waals surface area contributed by atoms with E-state index in [1.165, 1.54) is 0 Å². The Bertz CT molecular complexity index is 307. The van der Waals surface area contributed by atoms with Gasteiger partial charge in [-0.1, -0.05) is 19.8 Å². The fourth-order valence-corrected chi connectivity index (χ4v) is 2.63. The van der Waals surface area contributed by atoms with E-state index in [1.54, 1.807) is 0 Å². The summed E-state index contributed by atoms with van der Waals surface area (Å²) >= 11 is 0. The van der Waals surface area contributed by atoms with E-state index in [0.717, 1.165) is 38.6 Å². The van der Waals surface area contributed by atoms with Crippen LogP contribution in [0.2, 0.25) is 0 Å². The van der Waals surface area contributed by atoms with Gasteiger partial charge in [0.05, 0.1) is 0 Å². The highest BCUT2D eigenvalue weighted by Gasteiger charge is 2.29. The minimum atomic E-state index is -0.731. The second-order valence-corrected chi connectivity index (χ2v) is 5.63. The molecule has 19 heavy (non-hydrogen) atoms. The summed E-state index contributed by atoms with van der Waals surface area (Å²) in [7, 11) is 0. The number of carboxylic acids is 1. The van der Waals surface area contributed by atoms with E-state index in [9.17, 15) is 9.59 Å². The lowest BCUT2D eigenvalue weighted by molar-refractivity contribution is -0.137. The summed E-state index contributed by atoms with van der Waals surface area (Å²) < 4.78 is 0. The van der Waals surface area contributed by atoms with Crippen LogP contribution in [-0.4, -0.2) is 41.1 Å². The number of unbranched alkanes of at least 4 members (excludes halogenated alkanes) is 3. The van der Waals surface area contributed by atoms with Crippen molar-refractivity contribution in [3.05, 3.63) is 0 Å². The molecule has 110 valence electrons. The van der Waals surface area contributed by atoms with E-state index >= 15 is 0 Å². The maximum Gasteiger partial charge on any atom is 0.317 e. The monoisotopic (exact) mass is 270 g/mol. The molecule has 2 unspecified atom stereocenters. The van der Waals surface area contributed by atoms with Gasteiger partial charge in [-0.25, -0.2) is 4.79 Å². The van der Waals surface area contributed by atoms with Gasteiger partial charge in [-0.3, -0.25) is 4.79 Å². The molecule has 1 aliphatic heterocycles. The number of hydrogen-bond acceptors (Lipinski definition) is 2. The third-order valence-electron chi connectivity index (χ3n) is 3.64. The minimum Gasteiger partial charge on any atom is -0.481 e. The Hall–Kier alpha value is -1.26. The molecule has 1 fully saturated rings. The number of amides is 2. The number of aliphatic carboxylic acids is 1. The molecule has 0 saturated carbocycles. The smallest absolute Gasteiger partial charge is 0.317 e. The lowest BCUT2D eigenvalue weighted by Gasteiger charge is -2.21. The van der Waals surface area contributed by atoms with Gasteiger partial charge < -0.3 is 15.3 Å². The molecule has 1 saturated heterocycles. The molecule has 2 amide bonds. The average Bonchev–Trinajstić information content (AvgIpc) is 2.66. The fourth-order valence-electron chi connectivity index (χ4n) is 2.63. The Kier molecular flexibility index (Phi) is 6.67. The summed E-state index contributed by atoms with van der Waals surface area (Å²) in [5, 5.41) is 11.4. The van der Waals surface area contributed by atoms with Crippen molar-refractivity contribution >= 4 is 12.0 Å². The SMILES string of the molecule is CC1CC(C)N(C(=O)NCCCCCCC(=O)O)C1. The zero-order chi connectivity index (χ0) is 14.3.